The Morgan fingerprint density at radius 1 is 1.30 bits per heavy atom. The first-order valence-corrected chi connectivity index (χ1v) is 9.63. The summed E-state index contributed by atoms with van der Waals surface area (Å²) in [5.74, 6) is -0.260. The Labute approximate surface area is 140 Å². The number of hydrogen-bond acceptors (Lipinski definition) is 5. The smallest absolute Gasteiger partial charge is 0.263 e. The molecule has 8 heteroatoms. The molecule has 0 spiro atoms. The van der Waals surface area contributed by atoms with Gasteiger partial charge in [0.05, 0.1) is 18.0 Å². The summed E-state index contributed by atoms with van der Waals surface area (Å²) in [6.45, 7) is 3.59. The third-order valence-electron chi connectivity index (χ3n) is 3.41. The second kappa shape index (κ2) is 6.67. The van der Waals surface area contributed by atoms with Crippen molar-refractivity contribution in [1.29, 1.82) is 0 Å². The average Bonchev–Trinajstić information content (AvgIpc) is 2.88. The molecular formula is C15H19N3O3S2. The number of aromatic nitrogens is 1. The second-order valence-electron chi connectivity index (χ2n) is 5.25. The number of rotatable bonds is 5. The first-order chi connectivity index (χ1) is 10.7. The highest BCUT2D eigenvalue weighted by atomic mass is 32.2. The van der Waals surface area contributed by atoms with Gasteiger partial charge in [0.25, 0.3) is 5.91 Å². The average molecular weight is 353 g/mol. The van der Waals surface area contributed by atoms with Gasteiger partial charge in [-0.05, 0) is 19.4 Å². The third kappa shape index (κ3) is 4.08. The number of nitrogens with zero attached hydrogens (tertiary/aromatic N) is 2. The first-order valence-electron chi connectivity index (χ1n) is 6.97. The molecule has 6 nitrogen and oxygen atoms in total. The van der Waals surface area contributed by atoms with E-state index in [0.717, 1.165) is 27.5 Å². The monoisotopic (exact) mass is 353 g/mol. The molecule has 1 heterocycles. The van der Waals surface area contributed by atoms with E-state index in [1.165, 1.54) is 7.05 Å². The lowest BCUT2D eigenvalue weighted by Crippen LogP contribution is -2.26. The van der Waals surface area contributed by atoms with E-state index in [0.29, 0.717) is 10.6 Å². The highest BCUT2D eigenvalue weighted by Gasteiger charge is 2.22. The van der Waals surface area contributed by atoms with Gasteiger partial charge in [-0.1, -0.05) is 41.7 Å². The molecule has 0 aliphatic rings. The van der Waals surface area contributed by atoms with E-state index in [2.05, 4.69) is 10.3 Å². The summed E-state index contributed by atoms with van der Waals surface area (Å²) in [7, 11) is -1.98. The highest BCUT2D eigenvalue weighted by Crippen LogP contribution is 2.27. The highest BCUT2D eigenvalue weighted by molar-refractivity contribution is 7.92. The molecule has 2 aromatic rings. The summed E-state index contributed by atoms with van der Waals surface area (Å²) >= 11 is 1.06. The molecule has 0 aliphatic heterocycles. The SMILES string of the molecule is Cc1nc(N(C)S(C)(=O)=O)sc1C(=O)N[C@H](C)c1ccccc1. The van der Waals surface area contributed by atoms with Crippen LogP contribution >= 0.6 is 11.3 Å². The van der Waals surface area contributed by atoms with Gasteiger partial charge in [-0.25, -0.2) is 17.7 Å². The fourth-order valence-corrected chi connectivity index (χ4v) is 3.64. The standard InChI is InChI=1S/C15H19N3O3S2/c1-10(12-8-6-5-7-9-12)16-14(19)13-11(2)17-15(22-13)18(3)23(4,20)21/h5-10H,1-4H3,(H,16,19)/t10-/m1/s1. The Morgan fingerprint density at radius 3 is 2.48 bits per heavy atom. The summed E-state index contributed by atoms with van der Waals surface area (Å²) in [5.41, 5.74) is 1.51. The summed E-state index contributed by atoms with van der Waals surface area (Å²) in [5, 5.41) is 3.19. The summed E-state index contributed by atoms with van der Waals surface area (Å²) in [4.78, 5) is 17.0. The maximum atomic E-state index is 12.4. The minimum atomic E-state index is -3.40. The van der Waals surface area contributed by atoms with Gasteiger partial charge in [0.2, 0.25) is 10.0 Å². The number of carbonyl (C=O) groups is 1. The van der Waals surface area contributed by atoms with Crippen LogP contribution in [0.3, 0.4) is 0 Å². The number of carbonyl (C=O) groups excluding carboxylic acids is 1. The van der Waals surface area contributed by atoms with Crippen molar-refractivity contribution >= 4 is 32.4 Å². The molecule has 124 valence electrons. The van der Waals surface area contributed by atoms with E-state index in [1.54, 1.807) is 6.92 Å². The van der Waals surface area contributed by atoms with Crippen molar-refractivity contribution in [1.82, 2.24) is 10.3 Å². The van der Waals surface area contributed by atoms with Crippen LogP contribution in [0.4, 0.5) is 5.13 Å². The van der Waals surface area contributed by atoms with Gasteiger partial charge in [0.1, 0.15) is 4.88 Å². The van der Waals surface area contributed by atoms with Crippen LogP contribution in [-0.4, -0.2) is 32.6 Å². The van der Waals surface area contributed by atoms with Crippen LogP contribution in [0.25, 0.3) is 0 Å². The molecule has 0 saturated heterocycles. The van der Waals surface area contributed by atoms with Crippen molar-refractivity contribution in [3.63, 3.8) is 0 Å². The van der Waals surface area contributed by atoms with Gasteiger partial charge < -0.3 is 5.32 Å². The van der Waals surface area contributed by atoms with Gasteiger partial charge in [-0.2, -0.15) is 0 Å². The minimum absolute atomic E-state index is 0.152. The summed E-state index contributed by atoms with van der Waals surface area (Å²) in [6, 6.07) is 9.46. The fraction of sp³-hybridized carbons (Fsp3) is 0.333. The van der Waals surface area contributed by atoms with E-state index in [1.807, 2.05) is 37.3 Å². The van der Waals surface area contributed by atoms with Crippen LogP contribution in [-0.2, 0) is 10.0 Å². The number of amides is 1. The number of thiazole rings is 1. The van der Waals surface area contributed by atoms with Crippen molar-refractivity contribution in [3.05, 3.63) is 46.5 Å². The molecule has 23 heavy (non-hydrogen) atoms. The zero-order valence-corrected chi connectivity index (χ0v) is 15.0. The van der Waals surface area contributed by atoms with Crippen LogP contribution in [0.2, 0.25) is 0 Å². The molecule has 0 unspecified atom stereocenters. The predicted molar refractivity (Wildman–Crippen MR) is 92.4 cm³/mol. The van der Waals surface area contributed by atoms with Crippen LogP contribution in [0.15, 0.2) is 30.3 Å². The predicted octanol–water partition coefficient (Wildman–Crippen LogP) is 2.34. The van der Waals surface area contributed by atoms with Crippen molar-refractivity contribution in [2.75, 3.05) is 17.6 Å². The maximum Gasteiger partial charge on any atom is 0.263 e. The van der Waals surface area contributed by atoms with Crippen LogP contribution in [0.5, 0.6) is 0 Å². The zero-order valence-electron chi connectivity index (χ0n) is 13.4. The lowest BCUT2D eigenvalue weighted by Gasteiger charge is -2.13. The van der Waals surface area contributed by atoms with Gasteiger partial charge >= 0.3 is 0 Å². The quantitative estimate of drug-likeness (QED) is 0.895. The lowest BCUT2D eigenvalue weighted by molar-refractivity contribution is 0.0943. The van der Waals surface area contributed by atoms with Gasteiger partial charge in [-0.3, -0.25) is 4.79 Å². The van der Waals surface area contributed by atoms with E-state index in [-0.39, 0.29) is 17.1 Å². The Bertz CT molecular complexity index is 801. The molecule has 1 aromatic carbocycles. The Kier molecular flexibility index (Phi) is 5.06. The molecule has 1 atom stereocenters. The molecule has 1 N–H and O–H groups in total. The molecular weight excluding hydrogens is 334 g/mol. The summed E-state index contributed by atoms with van der Waals surface area (Å²) < 4.78 is 24.2. The Balaban J connectivity index is 2.19. The zero-order chi connectivity index (χ0) is 17.2. The van der Waals surface area contributed by atoms with E-state index in [4.69, 9.17) is 0 Å². The number of sulfonamides is 1. The van der Waals surface area contributed by atoms with Crippen LogP contribution in [0, 0.1) is 6.92 Å². The molecule has 0 aliphatic carbocycles. The first kappa shape index (κ1) is 17.4. The molecule has 1 amide bonds. The Morgan fingerprint density at radius 2 is 1.91 bits per heavy atom. The fourth-order valence-electron chi connectivity index (χ4n) is 1.96. The largest absolute Gasteiger partial charge is 0.345 e. The van der Waals surface area contributed by atoms with Crippen molar-refractivity contribution in [2.45, 2.75) is 19.9 Å². The summed E-state index contributed by atoms with van der Waals surface area (Å²) in [6.07, 6.45) is 1.10. The number of benzene rings is 1. The van der Waals surface area contributed by atoms with Gasteiger partial charge in [0.15, 0.2) is 5.13 Å². The number of anilines is 1. The van der Waals surface area contributed by atoms with Gasteiger partial charge in [-0.15, -0.1) is 0 Å². The van der Waals surface area contributed by atoms with E-state index in [9.17, 15) is 13.2 Å². The van der Waals surface area contributed by atoms with Crippen LogP contribution < -0.4 is 9.62 Å². The normalized spacial score (nSPS) is 12.7. The van der Waals surface area contributed by atoms with E-state index < -0.39 is 10.0 Å². The number of hydrogen-bond donors (Lipinski definition) is 1. The molecule has 0 radical (unpaired) electrons. The topological polar surface area (TPSA) is 79.4 Å². The van der Waals surface area contributed by atoms with Crippen molar-refractivity contribution in [3.8, 4) is 0 Å². The van der Waals surface area contributed by atoms with Gasteiger partial charge in [0, 0.05) is 7.05 Å². The lowest BCUT2D eigenvalue weighted by atomic mass is 10.1. The molecule has 2 rings (SSSR count). The number of nitrogens with one attached hydrogen (secondary N) is 1. The second-order valence-corrected chi connectivity index (χ2v) is 8.24. The Hall–Kier alpha value is -1.93. The van der Waals surface area contributed by atoms with Crippen molar-refractivity contribution in [2.24, 2.45) is 0 Å². The third-order valence-corrected chi connectivity index (χ3v) is 5.92. The maximum absolute atomic E-state index is 12.4. The molecule has 0 bridgehead atoms. The van der Waals surface area contributed by atoms with Crippen LogP contribution in [0.1, 0.15) is 33.9 Å². The molecule has 0 fully saturated rings. The molecule has 0 saturated carbocycles. The molecule has 1 aromatic heterocycles. The minimum Gasteiger partial charge on any atom is -0.345 e. The van der Waals surface area contributed by atoms with Crippen molar-refractivity contribution < 1.29 is 13.2 Å². The number of aryl methyl sites for hydroxylation is 1. The van der Waals surface area contributed by atoms with E-state index >= 15 is 0 Å².